The van der Waals surface area contributed by atoms with E-state index < -0.39 is 0 Å². The predicted molar refractivity (Wildman–Crippen MR) is 93.8 cm³/mol. The molecule has 1 amide bonds. The average Bonchev–Trinajstić information content (AvgIpc) is 2.61. The summed E-state index contributed by atoms with van der Waals surface area (Å²) in [6.07, 6.45) is 0.723. The number of rotatable bonds is 6. The summed E-state index contributed by atoms with van der Waals surface area (Å²) in [5, 5.41) is 2.85. The molecule has 0 saturated heterocycles. The van der Waals surface area contributed by atoms with Crippen molar-refractivity contribution in [3.05, 3.63) is 52.5 Å². The highest BCUT2D eigenvalue weighted by Gasteiger charge is 2.11. The molecule has 2 aromatic rings. The molecule has 24 heavy (non-hydrogen) atoms. The van der Waals surface area contributed by atoms with E-state index in [1.807, 2.05) is 42.5 Å². The lowest BCUT2D eigenvalue weighted by atomic mass is 10.1. The molecule has 6 heteroatoms. The molecule has 5 nitrogen and oxygen atoms in total. The second kappa shape index (κ2) is 8.06. The van der Waals surface area contributed by atoms with Crippen molar-refractivity contribution in [1.82, 2.24) is 5.32 Å². The van der Waals surface area contributed by atoms with Crippen molar-refractivity contribution < 1.29 is 19.0 Å². The van der Waals surface area contributed by atoms with Gasteiger partial charge in [-0.3, -0.25) is 4.79 Å². The van der Waals surface area contributed by atoms with E-state index in [0.717, 1.165) is 28.0 Å². The van der Waals surface area contributed by atoms with Crippen LogP contribution in [-0.2, 0) is 11.2 Å². The summed E-state index contributed by atoms with van der Waals surface area (Å²) in [6.45, 7) is 1.70. The van der Waals surface area contributed by atoms with E-state index >= 15 is 0 Å². The van der Waals surface area contributed by atoms with Gasteiger partial charge in [-0.1, -0.05) is 22.0 Å². The predicted octanol–water partition coefficient (Wildman–Crippen LogP) is 2.96. The van der Waals surface area contributed by atoms with Gasteiger partial charge in [-0.05, 0) is 48.4 Å². The van der Waals surface area contributed by atoms with Crippen LogP contribution in [0.5, 0.6) is 17.2 Å². The topological polar surface area (TPSA) is 56.8 Å². The number of fused-ring (bicyclic) bond motifs is 1. The molecule has 1 heterocycles. The van der Waals surface area contributed by atoms with Gasteiger partial charge in [-0.15, -0.1) is 0 Å². The molecule has 0 radical (unpaired) electrons. The minimum absolute atomic E-state index is 0.00275. The number of carbonyl (C=O) groups is 1. The summed E-state index contributed by atoms with van der Waals surface area (Å²) < 4.78 is 17.4. The highest BCUT2D eigenvalue weighted by molar-refractivity contribution is 9.10. The van der Waals surface area contributed by atoms with Gasteiger partial charge >= 0.3 is 0 Å². The van der Waals surface area contributed by atoms with Gasteiger partial charge in [0.25, 0.3) is 5.91 Å². The molecule has 1 N–H and O–H groups in total. The van der Waals surface area contributed by atoms with Crippen LogP contribution in [-0.4, -0.2) is 32.3 Å². The van der Waals surface area contributed by atoms with Crippen molar-refractivity contribution in [3.8, 4) is 17.2 Å². The van der Waals surface area contributed by atoms with E-state index in [-0.39, 0.29) is 12.5 Å². The Kier molecular flexibility index (Phi) is 5.59. The Morgan fingerprint density at radius 3 is 2.62 bits per heavy atom. The Morgan fingerprint density at radius 1 is 1.08 bits per heavy atom. The Balaban J connectivity index is 1.41. The Morgan fingerprint density at radius 2 is 1.83 bits per heavy atom. The summed E-state index contributed by atoms with van der Waals surface area (Å²) >= 11 is 3.35. The Hall–Kier alpha value is -2.21. The third-order valence-electron chi connectivity index (χ3n) is 3.53. The van der Waals surface area contributed by atoms with Crippen molar-refractivity contribution >= 4 is 21.8 Å². The molecular weight excluding hydrogens is 374 g/mol. The summed E-state index contributed by atoms with van der Waals surface area (Å²) in [6, 6.07) is 13.2. The molecule has 0 aromatic heterocycles. The van der Waals surface area contributed by atoms with E-state index in [1.54, 1.807) is 0 Å². The van der Waals surface area contributed by atoms with Crippen LogP contribution in [0.25, 0.3) is 0 Å². The van der Waals surface area contributed by atoms with Gasteiger partial charge < -0.3 is 19.5 Å². The normalized spacial score (nSPS) is 12.5. The summed E-state index contributed by atoms with van der Waals surface area (Å²) in [5.41, 5.74) is 1.09. The molecule has 2 aromatic carbocycles. The molecule has 0 bridgehead atoms. The third-order valence-corrected chi connectivity index (χ3v) is 4.05. The van der Waals surface area contributed by atoms with Crippen molar-refractivity contribution in [2.24, 2.45) is 0 Å². The monoisotopic (exact) mass is 391 g/mol. The van der Waals surface area contributed by atoms with Crippen LogP contribution in [0.1, 0.15) is 5.56 Å². The van der Waals surface area contributed by atoms with E-state index in [1.165, 1.54) is 0 Å². The Bertz CT molecular complexity index is 703. The molecule has 1 aliphatic heterocycles. The lowest BCUT2D eigenvalue weighted by Crippen LogP contribution is -2.30. The maximum atomic E-state index is 11.8. The van der Waals surface area contributed by atoms with Gasteiger partial charge in [0, 0.05) is 11.0 Å². The Labute approximate surface area is 149 Å². The van der Waals surface area contributed by atoms with Gasteiger partial charge in [0.05, 0.1) is 0 Å². The van der Waals surface area contributed by atoms with Crippen LogP contribution in [0, 0.1) is 0 Å². The smallest absolute Gasteiger partial charge is 0.257 e. The number of hydrogen-bond donors (Lipinski definition) is 1. The van der Waals surface area contributed by atoms with Gasteiger partial charge in [0.15, 0.2) is 18.1 Å². The number of ether oxygens (including phenoxy) is 3. The number of hydrogen-bond acceptors (Lipinski definition) is 4. The van der Waals surface area contributed by atoms with Crippen molar-refractivity contribution in [2.75, 3.05) is 26.4 Å². The summed E-state index contributed by atoms with van der Waals surface area (Å²) in [4.78, 5) is 11.8. The number of benzene rings is 2. The maximum absolute atomic E-state index is 11.8. The summed E-state index contributed by atoms with van der Waals surface area (Å²) in [5.74, 6) is 2.07. The highest BCUT2D eigenvalue weighted by atomic mass is 79.9. The zero-order valence-electron chi connectivity index (χ0n) is 13.1. The van der Waals surface area contributed by atoms with Crippen LogP contribution in [0.3, 0.4) is 0 Å². The molecule has 0 spiro atoms. The van der Waals surface area contributed by atoms with E-state index in [2.05, 4.69) is 21.2 Å². The van der Waals surface area contributed by atoms with Gasteiger partial charge in [-0.25, -0.2) is 0 Å². The fraction of sp³-hybridized carbons (Fsp3) is 0.278. The fourth-order valence-corrected chi connectivity index (χ4v) is 2.58. The molecule has 0 atom stereocenters. The second-order valence-electron chi connectivity index (χ2n) is 5.32. The number of amides is 1. The molecule has 1 aliphatic rings. The average molecular weight is 392 g/mol. The van der Waals surface area contributed by atoms with Crippen LogP contribution in [0.2, 0.25) is 0 Å². The first kappa shape index (κ1) is 16.6. The highest BCUT2D eigenvalue weighted by Crippen LogP contribution is 2.30. The van der Waals surface area contributed by atoms with Crippen LogP contribution in [0.4, 0.5) is 0 Å². The van der Waals surface area contributed by atoms with Crippen molar-refractivity contribution in [2.45, 2.75) is 6.42 Å². The minimum atomic E-state index is -0.143. The molecular formula is C18H18BrNO4. The first-order valence-corrected chi connectivity index (χ1v) is 8.53. The van der Waals surface area contributed by atoms with E-state index in [9.17, 15) is 4.79 Å². The third kappa shape index (κ3) is 4.64. The molecule has 0 fully saturated rings. The zero-order chi connectivity index (χ0) is 16.8. The second-order valence-corrected chi connectivity index (χ2v) is 6.24. The fourth-order valence-electron chi connectivity index (χ4n) is 2.32. The SMILES string of the molecule is O=C(COc1ccc(Br)cc1)NCCc1ccc2c(c1)OCCO2. The molecule has 0 unspecified atom stereocenters. The molecule has 0 saturated carbocycles. The minimum Gasteiger partial charge on any atom is -0.486 e. The molecule has 126 valence electrons. The summed E-state index contributed by atoms with van der Waals surface area (Å²) in [7, 11) is 0. The van der Waals surface area contributed by atoms with Crippen LogP contribution >= 0.6 is 15.9 Å². The molecule has 0 aliphatic carbocycles. The first-order valence-electron chi connectivity index (χ1n) is 7.74. The number of halogens is 1. The van der Waals surface area contributed by atoms with Gasteiger partial charge in [0.2, 0.25) is 0 Å². The first-order chi connectivity index (χ1) is 11.7. The maximum Gasteiger partial charge on any atom is 0.257 e. The van der Waals surface area contributed by atoms with Gasteiger partial charge in [-0.2, -0.15) is 0 Å². The zero-order valence-corrected chi connectivity index (χ0v) is 14.7. The molecule has 3 rings (SSSR count). The van der Waals surface area contributed by atoms with E-state index in [4.69, 9.17) is 14.2 Å². The standard InChI is InChI=1S/C18H18BrNO4/c19-14-2-4-15(5-3-14)24-12-18(21)20-8-7-13-1-6-16-17(11-13)23-10-9-22-16/h1-6,11H,7-10,12H2,(H,20,21). The van der Waals surface area contributed by atoms with Crippen LogP contribution in [0.15, 0.2) is 46.9 Å². The lowest BCUT2D eigenvalue weighted by Gasteiger charge is -2.18. The van der Waals surface area contributed by atoms with Crippen molar-refractivity contribution in [1.29, 1.82) is 0 Å². The van der Waals surface area contributed by atoms with E-state index in [0.29, 0.717) is 25.5 Å². The lowest BCUT2D eigenvalue weighted by molar-refractivity contribution is -0.123. The number of carbonyl (C=O) groups excluding carboxylic acids is 1. The van der Waals surface area contributed by atoms with Crippen LogP contribution < -0.4 is 19.5 Å². The number of nitrogens with one attached hydrogen (secondary N) is 1. The van der Waals surface area contributed by atoms with Gasteiger partial charge in [0.1, 0.15) is 19.0 Å². The largest absolute Gasteiger partial charge is 0.486 e. The van der Waals surface area contributed by atoms with Crippen molar-refractivity contribution in [3.63, 3.8) is 0 Å². The quantitative estimate of drug-likeness (QED) is 0.822.